The number of ether oxygens (including phenoxy) is 2. The van der Waals surface area contributed by atoms with E-state index in [-0.39, 0.29) is 19.0 Å². The average Bonchev–Trinajstić information content (AvgIpc) is 2.59. The van der Waals surface area contributed by atoms with E-state index in [1.54, 1.807) is 36.5 Å². The smallest absolute Gasteiger partial charge is 0.161 e. The lowest BCUT2D eigenvalue weighted by molar-refractivity contribution is 0.266. The second kappa shape index (κ2) is 9.52. The highest BCUT2D eigenvalue weighted by molar-refractivity contribution is 5.80. The van der Waals surface area contributed by atoms with Gasteiger partial charge in [-0.05, 0) is 36.8 Å². The molecule has 0 heterocycles. The number of rotatable bonds is 9. The lowest BCUT2D eigenvalue weighted by Crippen LogP contribution is -2.11. The Labute approximate surface area is 140 Å². The average molecular weight is 332 g/mol. The molecule has 0 unspecified atom stereocenters. The Balaban J connectivity index is 2.08. The van der Waals surface area contributed by atoms with Crippen molar-refractivity contribution >= 4 is 6.21 Å². The number of nitrogens with one attached hydrogen (secondary N) is 1. The first-order valence-electron chi connectivity index (χ1n) is 7.74. The van der Waals surface area contributed by atoms with Gasteiger partial charge in [0.2, 0.25) is 0 Å². The van der Waals surface area contributed by atoms with E-state index >= 15 is 0 Å². The van der Waals surface area contributed by atoms with Gasteiger partial charge in [0.25, 0.3) is 0 Å². The Hall–Kier alpha value is -2.60. The molecule has 0 spiro atoms. The molecule has 0 aliphatic heterocycles. The molecule has 0 atom stereocenters. The highest BCUT2D eigenvalue weighted by atomic mass is 19.1. The first-order valence-corrected chi connectivity index (χ1v) is 7.74. The molecule has 0 fully saturated rings. The molecule has 5 nitrogen and oxygen atoms in total. The number of aliphatic hydroxyl groups excluding tert-OH is 1. The maximum atomic E-state index is 13.7. The molecule has 24 heavy (non-hydrogen) atoms. The fourth-order valence-electron chi connectivity index (χ4n) is 2.00. The SMILES string of the molecule is CCOc1cc(C=NNCCO)ccc1OCc1ccccc1F. The first kappa shape index (κ1) is 17.7. The molecule has 2 rings (SSSR count). The minimum Gasteiger partial charge on any atom is -0.490 e. The predicted molar refractivity (Wildman–Crippen MR) is 91.0 cm³/mol. The van der Waals surface area contributed by atoms with Crippen molar-refractivity contribution in [3.63, 3.8) is 0 Å². The van der Waals surface area contributed by atoms with Gasteiger partial charge in [0.15, 0.2) is 11.5 Å². The lowest BCUT2D eigenvalue weighted by Gasteiger charge is -2.13. The van der Waals surface area contributed by atoms with Crippen LogP contribution in [0.2, 0.25) is 0 Å². The maximum Gasteiger partial charge on any atom is 0.161 e. The third kappa shape index (κ3) is 5.24. The van der Waals surface area contributed by atoms with Gasteiger partial charge in [-0.2, -0.15) is 5.10 Å². The Morgan fingerprint density at radius 2 is 2.00 bits per heavy atom. The van der Waals surface area contributed by atoms with E-state index in [1.165, 1.54) is 6.07 Å². The van der Waals surface area contributed by atoms with Gasteiger partial charge in [-0.3, -0.25) is 0 Å². The molecule has 0 saturated carbocycles. The monoisotopic (exact) mass is 332 g/mol. The minimum absolute atomic E-state index is 0.0182. The van der Waals surface area contributed by atoms with E-state index in [4.69, 9.17) is 14.6 Å². The van der Waals surface area contributed by atoms with E-state index in [0.29, 0.717) is 30.2 Å². The van der Waals surface area contributed by atoms with Crippen molar-refractivity contribution in [3.05, 3.63) is 59.4 Å². The molecule has 128 valence electrons. The summed E-state index contributed by atoms with van der Waals surface area (Å²) in [5.74, 6) is 0.815. The van der Waals surface area contributed by atoms with Crippen molar-refractivity contribution in [3.8, 4) is 11.5 Å². The summed E-state index contributed by atoms with van der Waals surface area (Å²) in [6, 6.07) is 11.9. The van der Waals surface area contributed by atoms with Gasteiger partial charge in [-0.25, -0.2) is 4.39 Å². The van der Waals surface area contributed by atoms with Crippen LogP contribution in [0.15, 0.2) is 47.6 Å². The Morgan fingerprint density at radius 1 is 1.17 bits per heavy atom. The summed E-state index contributed by atoms with van der Waals surface area (Å²) < 4.78 is 24.9. The molecule has 0 amide bonds. The summed E-state index contributed by atoms with van der Waals surface area (Å²) in [6.07, 6.45) is 1.62. The number of hydrogen-bond acceptors (Lipinski definition) is 5. The molecule has 2 aromatic carbocycles. The van der Waals surface area contributed by atoms with Gasteiger partial charge >= 0.3 is 0 Å². The number of hydrogen-bond donors (Lipinski definition) is 2. The molecule has 6 heteroatoms. The third-order valence-electron chi connectivity index (χ3n) is 3.14. The van der Waals surface area contributed by atoms with Crippen molar-refractivity contribution in [1.29, 1.82) is 0 Å². The number of halogens is 1. The third-order valence-corrected chi connectivity index (χ3v) is 3.14. The highest BCUT2D eigenvalue weighted by Crippen LogP contribution is 2.29. The van der Waals surface area contributed by atoms with Crippen LogP contribution in [0.25, 0.3) is 0 Å². The van der Waals surface area contributed by atoms with Crippen LogP contribution in [0.1, 0.15) is 18.1 Å². The molecule has 0 aliphatic carbocycles. The first-order chi connectivity index (χ1) is 11.7. The van der Waals surface area contributed by atoms with Crippen molar-refractivity contribution in [2.24, 2.45) is 5.10 Å². The topological polar surface area (TPSA) is 63.1 Å². The Bertz CT molecular complexity index is 677. The summed E-state index contributed by atoms with van der Waals surface area (Å²) in [5, 5.41) is 12.7. The molecule has 0 aromatic heterocycles. The van der Waals surface area contributed by atoms with E-state index in [9.17, 15) is 4.39 Å². The molecular formula is C18H21FN2O3. The molecule has 0 saturated heterocycles. The van der Waals surface area contributed by atoms with E-state index in [1.807, 2.05) is 13.0 Å². The van der Waals surface area contributed by atoms with Gasteiger partial charge in [-0.15, -0.1) is 0 Å². The predicted octanol–water partition coefficient (Wildman–Crippen LogP) is 2.72. The largest absolute Gasteiger partial charge is 0.490 e. The fraction of sp³-hybridized carbons (Fsp3) is 0.278. The van der Waals surface area contributed by atoms with Crippen molar-refractivity contribution < 1.29 is 19.0 Å². The van der Waals surface area contributed by atoms with Crippen LogP contribution in [0, 0.1) is 5.82 Å². The molecule has 0 bridgehead atoms. The zero-order valence-electron chi connectivity index (χ0n) is 13.5. The molecular weight excluding hydrogens is 311 g/mol. The quantitative estimate of drug-likeness (QED) is 0.421. The lowest BCUT2D eigenvalue weighted by atomic mass is 10.2. The minimum atomic E-state index is -0.297. The van der Waals surface area contributed by atoms with Crippen LogP contribution in [0.3, 0.4) is 0 Å². The second-order valence-corrected chi connectivity index (χ2v) is 4.91. The van der Waals surface area contributed by atoms with Crippen LogP contribution < -0.4 is 14.9 Å². The van der Waals surface area contributed by atoms with Crippen molar-refractivity contribution in [2.45, 2.75) is 13.5 Å². The van der Waals surface area contributed by atoms with Gasteiger partial charge in [0.1, 0.15) is 12.4 Å². The van der Waals surface area contributed by atoms with Gasteiger partial charge < -0.3 is 20.0 Å². The van der Waals surface area contributed by atoms with E-state index < -0.39 is 0 Å². The van der Waals surface area contributed by atoms with E-state index in [0.717, 1.165) is 5.56 Å². The molecule has 0 radical (unpaired) electrons. The zero-order chi connectivity index (χ0) is 17.2. The molecule has 2 N–H and O–H groups in total. The summed E-state index contributed by atoms with van der Waals surface area (Å²) in [7, 11) is 0. The highest BCUT2D eigenvalue weighted by Gasteiger charge is 2.08. The van der Waals surface area contributed by atoms with Crippen LogP contribution in [-0.2, 0) is 6.61 Å². The number of benzene rings is 2. The van der Waals surface area contributed by atoms with Crippen LogP contribution in [0.4, 0.5) is 4.39 Å². The second-order valence-electron chi connectivity index (χ2n) is 4.91. The summed E-state index contributed by atoms with van der Waals surface area (Å²) in [5.41, 5.74) is 4.01. The standard InChI is InChI=1S/C18H21FN2O3/c1-2-23-18-11-14(12-21-20-9-10-22)7-8-17(18)24-13-15-5-3-4-6-16(15)19/h3-8,11-12,20,22H,2,9-10,13H2,1H3. The van der Waals surface area contributed by atoms with Gasteiger partial charge in [0, 0.05) is 5.56 Å². The maximum absolute atomic E-state index is 13.7. The van der Waals surface area contributed by atoms with Gasteiger partial charge in [0.05, 0.1) is 26.0 Å². The van der Waals surface area contributed by atoms with Crippen molar-refractivity contribution in [1.82, 2.24) is 5.43 Å². The van der Waals surface area contributed by atoms with Crippen LogP contribution in [0.5, 0.6) is 11.5 Å². The fourth-order valence-corrected chi connectivity index (χ4v) is 2.00. The van der Waals surface area contributed by atoms with Crippen molar-refractivity contribution in [2.75, 3.05) is 19.8 Å². The van der Waals surface area contributed by atoms with Crippen LogP contribution in [-0.4, -0.2) is 31.1 Å². The van der Waals surface area contributed by atoms with Crippen LogP contribution >= 0.6 is 0 Å². The summed E-state index contributed by atoms with van der Waals surface area (Å²) in [4.78, 5) is 0. The normalized spacial score (nSPS) is 10.8. The number of hydrazone groups is 1. The molecule has 0 aliphatic rings. The summed E-state index contributed by atoms with van der Waals surface area (Å²) >= 11 is 0. The summed E-state index contributed by atoms with van der Waals surface area (Å²) in [6.45, 7) is 2.89. The molecule has 2 aromatic rings. The number of nitrogens with zero attached hydrogens (tertiary/aromatic N) is 1. The Kier molecular flexibility index (Phi) is 7.04. The zero-order valence-corrected chi connectivity index (χ0v) is 13.5. The Morgan fingerprint density at radius 3 is 2.75 bits per heavy atom. The number of aliphatic hydroxyl groups is 1. The van der Waals surface area contributed by atoms with Gasteiger partial charge in [-0.1, -0.05) is 18.2 Å². The van der Waals surface area contributed by atoms with E-state index in [2.05, 4.69) is 10.5 Å².